The number of ether oxygens (including phenoxy) is 1. The smallest absolute Gasteiger partial charge is 0.259 e. The van der Waals surface area contributed by atoms with Crippen molar-refractivity contribution in [1.29, 1.82) is 0 Å². The van der Waals surface area contributed by atoms with E-state index in [-0.39, 0.29) is 10.7 Å². The van der Waals surface area contributed by atoms with E-state index in [2.05, 4.69) is 4.98 Å². The fourth-order valence-corrected chi connectivity index (χ4v) is 1.23. The molecule has 3 nitrogen and oxygen atoms in total. The van der Waals surface area contributed by atoms with Gasteiger partial charge in [0.25, 0.3) is 5.24 Å². The van der Waals surface area contributed by atoms with Gasteiger partial charge in [-0.1, -0.05) is 11.6 Å². The van der Waals surface area contributed by atoms with Crippen LogP contribution in [0.25, 0.3) is 0 Å². The zero-order valence-electron chi connectivity index (χ0n) is 6.17. The lowest BCUT2D eigenvalue weighted by molar-refractivity contribution is 0.107. The van der Waals surface area contributed by atoms with Gasteiger partial charge in [0.05, 0.1) is 7.11 Å². The second-order valence-corrected chi connectivity index (χ2v) is 2.65. The maximum absolute atomic E-state index is 10.8. The fourth-order valence-electron chi connectivity index (χ4n) is 0.768. The first-order chi connectivity index (χ1) is 5.66. The number of carbonyl (C=O) groups is 1. The molecule has 0 radical (unpaired) electrons. The van der Waals surface area contributed by atoms with Gasteiger partial charge in [-0.2, -0.15) is 0 Å². The highest BCUT2D eigenvalue weighted by atomic mass is 35.5. The Morgan fingerprint density at radius 2 is 2.33 bits per heavy atom. The maximum Gasteiger partial charge on any atom is 0.259 e. The van der Waals surface area contributed by atoms with Crippen LogP contribution in [0, 0.1) is 0 Å². The van der Waals surface area contributed by atoms with Crippen molar-refractivity contribution < 1.29 is 9.53 Å². The minimum absolute atomic E-state index is 0.0503. The van der Waals surface area contributed by atoms with E-state index in [4.69, 9.17) is 27.9 Å². The number of halogens is 2. The summed E-state index contributed by atoms with van der Waals surface area (Å²) in [6.07, 6.45) is 1.44. The molecule has 1 rings (SSSR count). The normalized spacial score (nSPS) is 9.58. The predicted octanol–water partition coefficient (Wildman–Crippen LogP) is 2.12. The van der Waals surface area contributed by atoms with Crippen LogP contribution in [0.4, 0.5) is 0 Å². The van der Waals surface area contributed by atoms with Gasteiger partial charge >= 0.3 is 0 Å². The van der Waals surface area contributed by atoms with Gasteiger partial charge in [-0.25, -0.2) is 4.98 Å². The first-order valence-electron chi connectivity index (χ1n) is 3.05. The molecule has 64 valence electrons. The Morgan fingerprint density at radius 1 is 1.67 bits per heavy atom. The molecular weight excluding hydrogens is 201 g/mol. The number of rotatable bonds is 2. The van der Waals surface area contributed by atoms with E-state index in [1.165, 1.54) is 19.4 Å². The van der Waals surface area contributed by atoms with E-state index in [9.17, 15) is 4.79 Å². The third-order valence-corrected chi connectivity index (χ3v) is 1.76. The van der Waals surface area contributed by atoms with Crippen LogP contribution in [0.3, 0.4) is 0 Å². The number of methoxy groups -OCH3 is 1. The summed E-state index contributed by atoms with van der Waals surface area (Å²) < 4.78 is 4.86. The lowest BCUT2D eigenvalue weighted by Gasteiger charge is -2.04. The number of pyridine rings is 1. The van der Waals surface area contributed by atoms with Crippen LogP contribution >= 0.6 is 23.2 Å². The van der Waals surface area contributed by atoms with Crippen molar-refractivity contribution in [3.05, 3.63) is 23.0 Å². The highest BCUT2D eigenvalue weighted by molar-refractivity contribution is 6.69. The van der Waals surface area contributed by atoms with Crippen molar-refractivity contribution in [3.63, 3.8) is 0 Å². The Bertz CT molecular complexity index is 314. The molecule has 5 heteroatoms. The summed E-state index contributed by atoms with van der Waals surface area (Å²) in [6, 6.07) is 1.52. The van der Waals surface area contributed by atoms with Gasteiger partial charge in [0, 0.05) is 6.20 Å². The number of carbonyl (C=O) groups excluding carboxylic acids is 1. The maximum atomic E-state index is 10.8. The molecule has 0 aliphatic rings. The topological polar surface area (TPSA) is 39.2 Å². The number of nitrogens with zero attached hydrogens (tertiary/aromatic N) is 1. The van der Waals surface area contributed by atoms with Gasteiger partial charge in [-0.15, -0.1) is 0 Å². The Balaban J connectivity index is 3.29. The van der Waals surface area contributed by atoms with Crippen LogP contribution in [-0.4, -0.2) is 17.3 Å². The molecular formula is C7H5Cl2NO2. The van der Waals surface area contributed by atoms with E-state index in [0.29, 0.717) is 5.75 Å². The van der Waals surface area contributed by atoms with E-state index in [1.807, 2.05) is 0 Å². The Hall–Kier alpha value is -0.800. The van der Waals surface area contributed by atoms with Gasteiger partial charge in [0.15, 0.2) is 0 Å². The van der Waals surface area contributed by atoms with Crippen LogP contribution in [0.2, 0.25) is 5.15 Å². The van der Waals surface area contributed by atoms with Crippen molar-refractivity contribution in [3.8, 4) is 5.75 Å². The lowest BCUT2D eigenvalue weighted by Crippen LogP contribution is -1.97. The fraction of sp³-hybridized carbons (Fsp3) is 0.143. The summed E-state index contributed by atoms with van der Waals surface area (Å²) in [5, 5.41) is -0.626. The zero-order chi connectivity index (χ0) is 9.14. The standard InChI is InChI=1S/C7H5Cl2NO2/c1-12-4-2-3-10-6(8)5(4)7(9)11/h2-3H,1H3. The molecule has 0 unspecified atom stereocenters. The largest absolute Gasteiger partial charge is 0.496 e. The van der Waals surface area contributed by atoms with Crippen molar-refractivity contribution >= 4 is 28.4 Å². The minimum atomic E-state index is -0.676. The molecule has 0 spiro atoms. The highest BCUT2D eigenvalue weighted by Gasteiger charge is 2.14. The van der Waals surface area contributed by atoms with E-state index < -0.39 is 5.24 Å². The van der Waals surface area contributed by atoms with Crippen LogP contribution in [0.1, 0.15) is 10.4 Å². The average molecular weight is 206 g/mol. The second-order valence-electron chi connectivity index (χ2n) is 1.95. The summed E-state index contributed by atoms with van der Waals surface area (Å²) in [4.78, 5) is 14.5. The van der Waals surface area contributed by atoms with Crippen LogP contribution in [-0.2, 0) is 0 Å². The molecule has 0 saturated heterocycles. The molecule has 0 N–H and O–H groups in total. The summed E-state index contributed by atoms with van der Waals surface area (Å²) in [5.74, 6) is 0.329. The quantitative estimate of drug-likeness (QED) is 0.549. The Morgan fingerprint density at radius 3 is 2.75 bits per heavy atom. The summed E-state index contributed by atoms with van der Waals surface area (Å²) >= 11 is 10.9. The third kappa shape index (κ3) is 1.68. The first kappa shape index (κ1) is 9.29. The third-order valence-electron chi connectivity index (χ3n) is 1.28. The molecule has 0 aliphatic carbocycles. The molecule has 0 saturated carbocycles. The highest BCUT2D eigenvalue weighted by Crippen LogP contribution is 2.25. The molecule has 1 aromatic rings. The van der Waals surface area contributed by atoms with E-state index in [0.717, 1.165) is 0 Å². The van der Waals surface area contributed by atoms with E-state index >= 15 is 0 Å². The van der Waals surface area contributed by atoms with Gasteiger partial charge in [0.2, 0.25) is 0 Å². The number of aromatic nitrogens is 1. The molecule has 0 atom stereocenters. The molecule has 0 aliphatic heterocycles. The van der Waals surface area contributed by atoms with Crippen molar-refractivity contribution in [2.24, 2.45) is 0 Å². The molecule has 0 bridgehead atoms. The van der Waals surface area contributed by atoms with Crippen LogP contribution in [0.15, 0.2) is 12.3 Å². The SMILES string of the molecule is COc1ccnc(Cl)c1C(=O)Cl. The number of hydrogen-bond donors (Lipinski definition) is 0. The molecule has 12 heavy (non-hydrogen) atoms. The summed E-state index contributed by atoms with van der Waals surface area (Å²) in [5.41, 5.74) is 0.100. The van der Waals surface area contributed by atoms with Gasteiger partial charge in [-0.05, 0) is 17.7 Å². The number of hydrogen-bond acceptors (Lipinski definition) is 3. The Labute approximate surface area is 79.3 Å². The molecule has 1 aromatic heterocycles. The van der Waals surface area contributed by atoms with Crippen molar-refractivity contribution in [2.45, 2.75) is 0 Å². The van der Waals surface area contributed by atoms with Crippen molar-refractivity contribution in [2.75, 3.05) is 7.11 Å². The van der Waals surface area contributed by atoms with E-state index in [1.54, 1.807) is 0 Å². The first-order valence-corrected chi connectivity index (χ1v) is 3.80. The molecule has 0 amide bonds. The molecule has 1 heterocycles. The average Bonchev–Trinajstić information content (AvgIpc) is 2.03. The second kappa shape index (κ2) is 3.74. The zero-order valence-corrected chi connectivity index (χ0v) is 7.69. The predicted molar refractivity (Wildman–Crippen MR) is 46.0 cm³/mol. The summed E-state index contributed by atoms with van der Waals surface area (Å²) in [7, 11) is 1.43. The van der Waals surface area contributed by atoms with Gasteiger partial charge in [-0.3, -0.25) is 4.79 Å². The molecule has 0 aromatic carbocycles. The van der Waals surface area contributed by atoms with Crippen LogP contribution in [0.5, 0.6) is 5.75 Å². The monoisotopic (exact) mass is 205 g/mol. The van der Waals surface area contributed by atoms with Crippen LogP contribution < -0.4 is 4.74 Å². The lowest BCUT2D eigenvalue weighted by atomic mass is 10.3. The summed E-state index contributed by atoms with van der Waals surface area (Å²) in [6.45, 7) is 0. The van der Waals surface area contributed by atoms with Crippen molar-refractivity contribution in [1.82, 2.24) is 4.98 Å². The molecule has 0 fully saturated rings. The Kier molecular flexibility index (Phi) is 2.89. The minimum Gasteiger partial charge on any atom is -0.496 e. The van der Waals surface area contributed by atoms with Gasteiger partial charge < -0.3 is 4.74 Å². The van der Waals surface area contributed by atoms with Gasteiger partial charge in [0.1, 0.15) is 16.5 Å².